The molecule has 112 valence electrons. The lowest BCUT2D eigenvalue weighted by Crippen LogP contribution is -2.37. The number of likely N-dealkylation sites (tertiary alicyclic amines) is 1. The Morgan fingerprint density at radius 2 is 1.90 bits per heavy atom. The van der Waals surface area contributed by atoms with Crippen LogP contribution in [-0.4, -0.2) is 45.3 Å². The molecular formula is C16H26N2O2. The number of nitrogens with two attached hydrogens (primary N) is 1. The minimum absolute atomic E-state index is 0.425. The summed E-state index contributed by atoms with van der Waals surface area (Å²) in [6, 6.07) is 7.78. The van der Waals surface area contributed by atoms with Crippen LogP contribution in [0.15, 0.2) is 24.3 Å². The van der Waals surface area contributed by atoms with Crippen molar-refractivity contribution in [1.29, 1.82) is 0 Å². The van der Waals surface area contributed by atoms with Gasteiger partial charge in [-0.15, -0.1) is 0 Å². The normalized spacial score (nSPS) is 18.8. The molecule has 0 amide bonds. The summed E-state index contributed by atoms with van der Waals surface area (Å²) in [7, 11) is 3.85. The molecule has 2 rings (SSSR count). The highest BCUT2D eigenvalue weighted by molar-refractivity contribution is 5.39. The SMILES string of the molecule is COc1ccccc1OCC(CN)C1CCN(C)CC1. The predicted octanol–water partition coefficient (Wildman–Crippen LogP) is 1.99. The summed E-state index contributed by atoms with van der Waals surface area (Å²) in [5, 5.41) is 0. The molecule has 1 saturated heterocycles. The van der Waals surface area contributed by atoms with Gasteiger partial charge in [-0.1, -0.05) is 12.1 Å². The average Bonchev–Trinajstić information content (AvgIpc) is 2.50. The van der Waals surface area contributed by atoms with Crippen LogP contribution in [0.25, 0.3) is 0 Å². The van der Waals surface area contributed by atoms with E-state index in [0.717, 1.165) is 24.6 Å². The number of methoxy groups -OCH3 is 1. The van der Waals surface area contributed by atoms with Crippen molar-refractivity contribution in [1.82, 2.24) is 4.90 Å². The van der Waals surface area contributed by atoms with Crippen molar-refractivity contribution in [2.75, 3.05) is 40.4 Å². The molecule has 1 aromatic carbocycles. The predicted molar refractivity (Wildman–Crippen MR) is 81.3 cm³/mol. The van der Waals surface area contributed by atoms with Crippen LogP contribution in [0, 0.1) is 11.8 Å². The summed E-state index contributed by atoms with van der Waals surface area (Å²) in [4.78, 5) is 2.38. The summed E-state index contributed by atoms with van der Waals surface area (Å²) < 4.78 is 11.3. The molecule has 1 aromatic rings. The molecule has 1 atom stereocenters. The first-order valence-corrected chi connectivity index (χ1v) is 7.39. The highest BCUT2D eigenvalue weighted by Crippen LogP contribution is 2.29. The lowest BCUT2D eigenvalue weighted by atomic mass is 9.85. The van der Waals surface area contributed by atoms with Gasteiger partial charge in [-0.25, -0.2) is 0 Å². The largest absolute Gasteiger partial charge is 0.493 e. The smallest absolute Gasteiger partial charge is 0.161 e. The minimum Gasteiger partial charge on any atom is -0.493 e. The number of rotatable bonds is 6. The van der Waals surface area contributed by atoms with E-state index in [1.807, 2.05) is 24.3 Å². The van der Waals surface area contributed by atoms with E-state index in [1.54, 1.807) is 7.11 Å². The van der Waals surface area contributed by atoms with Gasteiger partial charge in [0.2, 0.25) is 0 Å². The first kappa shape index (κ1) is 15.1. The van der Waals surface area contributed by atoms with Gasteiger partial charge in [0.1, 0.15) is 0 Å². The van der Waals surface area contributed by atoms with Crippen LogP contribution in [0.1, 0.15) is 12.8 Å². The Hall–Kier alpha value is -1.26. The average molecular weight is 278 g/mol. The van der Waals surface area contributed by atoms with Gasteiger partial charge in [0.05, 0.1) is 13.7 Å². The van der Waals surface area contributed by atoms with Gasteiger partial charge in [-0.05, 0) is 57.6 Å². The Morgan fingerprint density at radius 1 is 1.25 bits per heavy atom. The van der Waals surface area contributed by atoms with E-state index in [0.29, 0.717) is 25.0 Å². The second-order valence-electron chi connectivity index (χ2n) is 5.60. The maximum absolute atomic E-state index is 5.95. The summed E-state index contributed by atoms with van der Waals surface area (Å²) in [5.41, 5.74) is 5.95. The molecule has 4 nitrogen and oxygen atoms in total. The summed E-state index contributed by atoms with van der Waals surface area (Å²) in [6.07, 6.45) is 2.43. The number of nitrogens with zero attached hydrogens (tertiary/aromatic N) is 1. The van der Waals surface area contributed by atoms with Gasteiger partial charge >= 0.3 is 0 Å². The molecule has 1 aliphatic rings. The van der Waals surface area contributed by atoms with Crippen LogP contribution in [-0.2, 0) is 0 Å². The lowest BCUT2D eigenvalue weighted by Gasteiger charge is -2.33. The van der Waals surface area contributed by atoms with Crippen molar-refractivity contribution in [2.24, 2.45) is 17.6 Å². The molecule has 1 unspecified atom stereocenters. The summed E-state index contributed by atoms with van der Waals surface area (Å²) >= 11 is 0. The fourth-order valence-corrected chi connectivity index (χ4v) is 2.83. The highest BCUT2D eigenvalue weighted by atomic mass is 16.5. The van der Waals surface area contributed by atoms with E-state index in [9.17, 15) is 0 Å². The molecule has 0 saturated carbocycles. The third-order valence-corrected chi connectivity index (χ3v) is 4.25. The van der Waals surface area contributed by atoms with Gasteiger partial charge in [-0.3, -0.25) is 0 Å². The van der Waals surface area contributed by atoms with Gasteiger partial charge < -0.3 is 20.1 Å². The van der Waals surface area contributed by atoms with E-state index in [2.05, 4.69) is 11.9 Å². The van der Waals surface area contributed by atoms with E-state index in [4.69, 9.17) is 15.2 Å². The van der Waals surface area contributed by atoms with Crippen LogP contribution in [0.3, 0.4) is 0 Å². The van der Waals surface area contributed by atoms with E-state index in [1.165, 1.54) is 12.8 Å². The van der Waals surface area contributed by atoms with Crippen molar-refractivity contribution in [2.45, 2.75) is 12.8 Å². The number of ether oxygens (including phenoxy) is 2. The zero-order chi connectivity index (χ0) is 14.4. The van der Waals surface area contributed by atoms with Crippen molar-refractivity contribution in [3.63, 3.8) is 0 Å². The first-order chi connectivity index (χ1) is 9.74. The molecule has 1 fully saturated rings. The number of hydrogen-bond donors (Lipinski definition) is 1. The Balaban J connectivity index is 1.90. The Kier molecular flexibility index (Phi) is 5.68. The van der Waals surface area contributed by atoms with Crippen molar-refractivity contribution >= 4 is 0 Å². The van der Waals surface area contributed by atoms with Crippen LogP contribution < -0.4 is 15.2 Å². The van der Waals surface area contributed by atoms with Gasteiger partial charge in [0.15, 0.2) is 11.5 Å². The second kappa shape index (κ2) is 7.50. The molecule has 0 radical (unpaired) electrons. The number of piperidine rings is 1. The standard InChI is InChI=1S/C16H26N2O2/c1-18-9-7-13(8-10-18)14(11-17)12-20-16-6-4-3-5-15(16)19-2/h3-6,13-14H,7-12,17H2,1-2H3. The van der Waals surface area contributed by atoms with E-state index in [-0.39, 0.29) is 0 Å². The quantitative estimate of drug-likeness (QED) is 0.864. The van der Waals surface area contributed by atoms with E-state index < -0.39 is 0 Å². The zero-order valence-electron chi connectivity index (χ0n) is 12.5. The topological polar surface area (TPSA) is 47.7 Å². The molecule has 4 heteroatoms. The van der Waals surface area contributed by atoms with Crippen molar-refractivity contribution in [3.05, 3.63) is 24.3 Å². The fourth-order valence-electron chi connectivity index (χ4n) is 2.83. The Labute approximate surface area is 121 Å². The number of para-hydroxylation sites is 2. The summed E-state index contributed by atoms with van der Waals surface area (Å²) in [5.74, 6) is 2.69. The maximum atomic E-state index is 5.95. The third-order valence-electron chi connectivity index (χ3n) is 4.25. The maximum Gasteiger partial charge on any atom is 0.161 e. The minimum atomic E-state index is 0.425. The number of benzene rings is 1. The van der Waals surface area contributed by atoms with Crippen LogP contribution >= 0.6 is 0 Å². The summed E-state index contributed by atoms with van der Waals surface area (Å²) in [6.45, 7) is 3.68. The highest BCUT2D eigenvalue weighted by Gasteiger charge is 2.25. The van der Waals surface area contributed by atoms with Gasteiger partial charge in [0, 0.05) is 5.92 Å². The first-order valence-electron chi connectivity index (χ1n) is 7.39. The third kappa shape index (κ3) is 3.87. The molecular weight excluding hydrogens is 252 g/mol. The number of hydrogen-bond acceptors (Lipinski definition) is 4. The molecule has 0 spiro atoms. The van der Waals surface area contributed by atoms with Crippen LogP contribution in [0.4, 0.5) is 0 Å². The molecule has 2 N–H and O–H groups in total. The lowest BCUT2D eigenvalue weighted by molar-refractivity contribution is 0.130. The van der Waals surface area contributed by atoms with Gasteiger partial charge in [0.25, 0.3) is 0 Å². The van der Waals surface area contributed by atoms with Crippen LogP contribution in [0.2, 0.25) is 0 Å². The van der Waals surface area contributed by atoms with Crippen molar-refractivity contribution in [3.8, 4) is 11.5 Å². The monoisotopic (exact) mass is 278 g/mol. The fraction of sp³-hybridized carbons (Fsp3) is 0.625. The van der Waals surface area contributed by atoms with E-state index >= 15 is 0 Å². The van der Waals surface area contributed by atoms with Crippen LogP contribution in [0.5, 0.6) is 11.5 Å². The molecule has 20 heavy (non-hydrogen) atoms. The molecule has 0 aliphatic carbocycles. The molecule has 0 aromatic heterocycles. The Morgan fingerprint density at radius 3 is 2.50 bits per heavy atom. The Bertz CT molecular complexity index is 403. The molecule has 1 heterocycles. The second-order valence-corrected chi connectivity index (χ2v) is 5.60. The zero-order valence-corrected chi connectivity index (χ0v) is 12.5. The van der Waals surface area contributed by atoms with Crippen molar-refractivity contribution < 1.29 is 9.47 Å². The molecule has 0 bridgehead atoms. The molecule has 1 aliphatic heterocycles. The van der Waals surface area contributed by atoms with Gasteiger partial charge in [-0.2, -0.15) is 0 Å².